The van der Waals surface area contributed by atoms with Gasteiger partial charge in [-0.3, -0.25) is 4.90 Å². The highest BCUT2D eigenvalue weighted by Crippen LogP contribution is 2.24. The summed E-state index contributed by atoms with van der Waals surface area (Å²) in [6.45, 7) is 8.18. The number of piperidine rings is 1. The number of aromatic nitrogens is 2. The first-order valence-electron chi connectivity index (χ1n) is 6.34. The van der Waals surface area contributed by atoms with Gasteiger partial charge in [-0.15, -0.1) is 0 Å². The number of imidazole rings is 1. The maximum absolute atomic E-state index is 4.40. The summed E-state index contributed by atoms with van der Waals surface area (Å²) in [6.07, 6.45) is 6.75. The van der Waals surface area contributed by atoms with E-state index in [0.717, 1.165) is 18.4 Å². The van der Waals surface area contributed by atoms with E-state index in [1.807, 2.05) is 17.9 Å². The van der Waals surface area contributed by atoms with E-state index < -0.39 is 0 Å². The third-order valence-corrected chi connectivity index (χ3v) is 3.63. The van der Waals surface area contributed by atoms with Crippen molar-refractivity contribution in [2.75, 3.05) is 13.1 Å². The van der Waals surface area contributed by atoms with Crippen LogP contribution in [-0.4, -0.2) is 27.5 Å². The van der Waals surface area contributed by atoms with Crippen LogP contribution in [0.15, 0.2) is 12.5 Å². The van der Waals surface area contributed by atoms with Gasteiger partial charge in [0.1, 0.15) is 0 Å². The van der Waals surface area contributed by atoms with Crippen molar-refractivity contribution >= 4 is 0 Å². The zero-order valence-electron chi connectivity index (χ0n) is 10.7. The molecule has 1 aromatic rings. The van der Waals surface area contributed by atoms with Crippen LogP contribution < -0.4 is 0 Å². The lowest BCUT2D eigenvalue weighted by molar-refractivity contribution is 0.138. The number of hydrogen-bond donors (Lipinski definition) is 0. The molecule has 0 bridgehead atoms. The molecular weight excluding hydrogens is 198 g/mol. The highest BCUT2D eigenvalue weighted by Gasteiger charge is 2.22. The fourth-order valence-electron chi connectivity index (χ4n) is 2.56. The molecule has 0 unspecified atom stereocenters. The molecule has 0 aliphatic carbocycles. The zero-order chi connectivity index (χ0) is 11.5. The molecule has 3 nitrogen and oxygen atoms in total. The maximum Gasteiger partial charge on any atom is 0.0947 e. The van der Waals surface area contributed by atoms with Crippen molar-refractivity contribution in [2.24, 2.45) is 18.9 Å². The Morgan fingerprint density at radius 1 is 1.50 bits per heavy atom. The first kappa shape index (κ1) is 11.6. The molecule has 2 rings (SSSR count). The van der Waals surface area contributed by atoms with E-state index >= 15 is 0 Å². The van der Waals surface area contributed by atoms with Crippen molar-refractivity contribution in [3.05, 3.63) is 18.2 Å². The van der Waals surface area contributed by atoms with Gasteiger partial charge >= 0.3 is 0 Å². The van der Waals surface area contributed by atoms with E-state index in [0.29, 0.717) is 0 Å². The number of rotatable bonds is 3. The zero-order valence-corrected chi connectivity index (χ0v) is 10.7. The Morgan fingerprint density at radius 3 is 2.94 bits per heavy atom. The van der Waals surface area contributed by atoms with Crippen molar-refractivity contribution < 1.29 is 0 Å². The minimum absolute atomic E-state index is 0.812. The molecule has 90 valence electrons. The Kier molecular flexibility index (Phi) is 3.64. The molecule has 0 amide bonds. The maximum atomic E-state index is 4.40. The van der Waals surface area contributed by atoms with Crippen molar-refractivity contribution in [3.63, 3.8) is 0 Å². The SMILES string of the molecule is CC(C)[C@@H]1CCCN(Cc2cn(C)cn2)C1. The first-order chi connectivity index (χ1) is 7.65. The molecule has 0 aromatic carbocycles. The van der Waals surface area contributed by atoms with Crippen molar-refractivity contribution in [1.82, 2.24) is 14.5 Å². The predicted octanol–water partition coefficient (Wildman–Crippen LogP) is 2.29. The van der Waals surface area contributed by atoms with Gasteiger partial charge in [-0.25, -0.2) is 4.98 Å². The van der Waals surface area contributed by atoms with Crippen LogP contribution in [0.3, 0.4) is 0 Å². The van der Waals surface area contributed by atoms with Gasteiger partial charge in [-0.2, -0.15) is 0 Å². The van der Waals surface area contributed by atoms with E-state index in [9.17, 15) is 0 Å². The summed E-state index contributed by atoms with van der Waals surface area (Å²) in [6, 6.07) is 0. The van der Waals surface area contributed by atoms with E-state index in [4.69, 9.17) is 0 Å². The largest absolute Gasteiger partial charge is 0.340 e. The lowest BCUT2D eigenvalue weighted by Crippen LogP contribution is -2.36. The van der Waals surface area contributed by atoms with Crippen molar-refractivity contribution in [3.8, 4) is 0 Å². The summed E-state index contributed by atoms with van der Waals surface area (Å²) in [7, 11) is 2.03. The second kappa shape index (κ2) is 5.00. The Morgan fingerprint density at radius 2 is 2.31 bits per heavy atom. The van der Waals surface area contributed by atoms with Crippen LogP contribution in [0.4, 0.5) is 0 Å². The van der Waals surface area contributed by atoms with Gasteiger partial charge in [0.2, 0.25) is 0 Å². The molecule has 3 heteroatoms. The summed E-state index contributed by atoms with van der Waals surface area (Å²) < 4.78 is 2.03. The molecule has 1 aliphatic rings. The molecule has 1 atom stereocenters. The molecule has 2 heterocycles. The van der Waals surface area contributed by atoms with Crippen LogP contribution >= 0.6 is 0 Å². The highest BCUT2D eigenvalue weighted by atomic mass is 15.1. The van der Waals surface area contributed by atoms with Crippen LogP contribution in [-0.2, 0) is 13.6 Å². The number of hydrogen-bond acceptors (Lipinski definition) is 2. The van der Waals surface area contributed by atoms with Crippen molar-refractivity contribution in [1.29, 1.82) is 0 Å². The average Bonchev–Trinajstić information content (AvgIpc) is 2.64. The third-order valence-electron chi connectivity index (χ3n) is 3.63. The summed E-state index contributed by atoms with van der Waals surface area (Å²) in [5.74, 6) is 1.68. The smallest absolute Gasteiger partial charge is 0.0947 e. The molecule has 16 heavy (non-hydrogen) atoms. The standard InChI is InChI=1S/C13H23N3/c1-11(2)12-5-4-6-16(7-12)9-13-8-15(3)10-14-13/h8,10-12H,4-7,9H2,1-3H3/t12-/m1/s1. The van der Waals surface area contributed by atoms with E-state index in [-0.39, 0.29) is 0 Å². The molecule has 1 aromatic heterocycles. The fourth-order valence-corrected chi connectivity index (χ4v) is 2.56. The first-order valence-corrected chi connectivity index (χ1v) is 6.34. The summed E-state index contributed by atoms with van der Waals surface area (Å²) >= 11 is 0. The van der Waals surface area contributed by atoms with Gasteiger partial charge < -0.3 is 4.57 Å². The van der Waals surface area contributed by atoms with Gasteiger partial charge in [-0.05, 0) is 31.2 Å². The summed E-state index contributed by atoms with van der Waals surface area (Å²) in [5.41, 5.74) is 1.20. The van der Waals surface area contributed by atoms with Crippen LogP contribution in [0.1, 0.15) is 32.4 Å². The number of likely N-dealkylation sites (tertiary alicyclic amines) is 1. The van der Waals surface area contributed by atoms with Gasteiger partial charge in [0.15, 0.2) is 0 Å². The van der Waals surface area contributed by atoms with Gasteiger partial charge in [0, 0.05) is 26.3 Å². The minimum atomic E-state index is 0.812. The molecular formula is C13H23N3. The Balaban J connectivity index is 1.90. The lowest BCUT2D eigenvalue weighted by atomic mass is 9.88. The molecule has 1 aliphatic heterocycles. The van der Waals surface area contributed by atoms with Crippen LogP contribution in [0, 0.1) is 11.8 Å². The second-order valence-electron chi connectivity index (χ2n) is 5.41. The minimum Gasteiger partial charge on any atom is -0.340 e. The highest BCUT2D eigenvalue weighted by molar-refractivity contribution is 4.96. The van der Waals surface area contributed by atoms with Gasteiger partial charge in [0.25, 0.3) is 0 Å². The fraction of sp³-hybridized carbons (Fsp3) is 0.769. The van der Waals surface area contributed by atoms with E-state index in [2.05, 4.69) is 29.9 Å². The van der Waals surface area contributed by atoms with Gasteiger partial charge in [-0.1, -0.05) is 13.8 Å². The van der Waals surface area contributed by atoms with E-state index in [1.54, 1.807) is 0 Å². The van der Waals surface area contributed by atoms with Crippen LogP contribution in [0.25, 0.3) is 0 Å². The van der Waals surface area contributed by atoms with Crippen LogP contribution in [0.5, 0.6) is 0 Å². The number of aryl methyl sites for hydroxylation is 1. The quantitative estimate of drug-likeness (QED) is 0.781. The number of nitrogens with zero attached hydrogens (tertiary/aromatic N) is 3. The van der Waals surface area contributed by atoms with E-state index in [1.165, 1.54) is 31.6 Å². The molecule has 0 radical (unpaired) electrons. The molecule has 1 saturated heterocycles. The third kappa shape index (κ3) is 2.85. The second-order valence-corrected chi connectivity index (χ2v) is 5.41. The van der Waals surface area contributed by atoms with Gasteiger partial charge in [0.05, 0.1) is 12.0 Å². The Bertz CT molecular complexity index is 330. The Labute approximate surface area is 98.5 Å². The molecule has 0 spiro atoms. The molecule has 1 fully saturated rings. The normalized spacial score (nSPS) is 22.9. The molecule has 0 saturated carbocycles. The lowest BCUT2D eigenvalue weighted by Gasteiger charge is -2.34. The summed E-state index contributed by atoms with van der Waals surface area (Å²) in [4.78, 5) is 6.95. The molecule has 0 N–H and O–H groups in total. The Hall–Kier alpha value is -0.830. The summed E-state index contributed by atoms with van der Waals surface area (Å²) in [5, 5.41) is 0. The predicted molar refractivity (Wildman–Crippen MR) is 66.0 cm³/mol. The van der Waals surface area contributed by atoms with Crippen molar-refractivity contribution in [2.45, 2.75) is 33.2 Å². The monoisotopic (exact) mass is 221 g/mol. The average molecular weight is 221 g/mol. The van der Waals surface area contributed by atoms with Crippen LogP contribution in [0.2, 0.25) is 0 Å². The topological polar surface area (TPSA) is 21.1 Å².